The van der Waals surface area contributed by atoms with Crippen LogP contribution < -0.4 is 4.90 Å². The summed E-state index contributed by atoms with van der Waals surface area (Å²) in [4.78, 5) is 12.9. The minimum atomic E-state index is -1.07. The normalized spacial score (nSPS) is 15.9. The molecule has 1 aliphatic carbocycles. The standard InChI is InChI=1S/C16H20FNO2/c1-2-18(12-6-3-4-7-12)15-9-5-8-14(17)13(15)10-11-16(19)20/h5,8-12H,2-4,6-7H2,1H3,(H,19,20)/b11-10+. The summed E-state index contributed by atoms with van der Waals surface area (Å²) in [5, 5.41) is 8.74. The van der Waals surface area contributed by atoms with Crippen molar-refractivity contribution in [1.82, 2.24) is 0 Å². The smallest absolute Gasteiger partial charge is 0.328 e. The number of carboxylic acids is 1. The SMILES string of the molecule is CCN(c1cccc(F)c1/C=C/C(=O)O)C1CCCC1. The second-order valence-electron chi connectivity index (χ2n) is 5.07. The highest BCUT2D eigenvalue weighted by atomic mass is 19.1. The first-order valence-electron chi connectivity index (χ1n) is 7.09. The number of anilines is 1. The van der Waals surface area contributed by atoms with Crippen LogP contribution in [0.3, 0.4) is 0 Å². The number of rotatable bonds is 5. The van der Waals surface area contributed by atoms with E-state index < -0.39 is 5.97 Å². The highest BCUT2D eigenvalue weighted by Crippen LogP contribution is 2.32. The molecule has 1 aliphatic rings. The Morgan fingerprint density at radius 3 is 2.75 bits per heavy atom. The van der Waals surface area contributed by atoms with Gasteiger partial charge < -0.3 is 10.0 Å². The number of hydrogen-bond donors (Lipinski definition) is 1. The monoisotopic (exact) mass is 277 g/mol. The van der Waals surface area contributed by atoms with Crippen LogP contribution in [0.4, 0.5) is 10.1 Å². The summed E-state index contributed by atoms with van der Waals surface area (Å²) in [7, 11) is 0. The van der Waals surface area contributed by atoms with Crippen LogP contribution in [-0.2, 0) is 4.79 Å². The molecule has 0 unspecified atom stereocenters. The molecule has 1 fully saturated rings. The zero-order valence-electron chi connectivity index (χ0n) is 11.7. The van der Waals surface area contributed by atoms with Gasteiger partial charge in [-0.2, -0.15) is 0 Å². The van der Waals surface area contributed by atoms with E-state index in [1.54, 1.807) is 6.07 Å². The molecule has 108 valence electrons. The molecule has 2 rings (SSSR count). The summed E-state index contributed by atoms with van der Waals surface area (Å²) in [5.41, 5.74) is 1.15. The summed E-state index contributed by atoms with van der Waals surface area (Å²) >= 11 is 0. The van der Waals surface area contributed by atoms with Crippen molar-refractivity contribution >= 4 is 17.7 Å². The van der Waals surface area contributed by atoms with Gasteiger partial charge in [0.15, 0.2) is 0 Å². The van der Waals surface area contributed by atoms with E-state index in [9.17, 15) is 9.18 Å². The number of benzene rings is 1. The third-order valence-electron chi connectivity index (χ3n) is 3.84. The van der Waals surface area contributed by atoms with E-state index in [4.69, 9.17) is 5.11 Å². The fraction of sp³-hybridized carbons (Fsp3) is 0.438. The second kappa shape index (κ2) is 6.55. The van der Waals surface area contributed by atoms with Crippen molar-refractivity contribution < 1.29 is 14.3 Å². The Labute approximate surface area is 118 Å². The third-order valence-corrected chi connectivity index (χ3v) is 3.84. The van der Waals surface area contributed by atoms with Crippen LogP contribution in [0.2, 0.25) is 0 Å². The second-order valence-corrected chi connectivity index (χ2v) is 5.07. The minimum Gasteiger partial charge on any atom is -0.478 e. The molecule has 4 heteroatoms. The van der Waals surface area contributed by atoms with Crippen LogP contribution in [-0.4, -0.2) is 23.7 Å². The Bertz CT molecular complexity index is 507. The number of halogens is 1. The van der Waals surface area contributed by atoms with E-state index in [1.165, 1.54) is 25.0 Å². The summed E-state index contributed by atoms with van der Waals surface area (Å²) < 4.78 is 14.0. The number of carbonyl (C=O) groups is 1. The molecule has 0 amide bonds. The molecule has 0 heterocycles. The molecule has 1 aromatic rings. The van der Waals surface area contributed by atoms with E-state index in [-0.39, 0.29) is 5.82 Å². The first-order valence-corrected chi connectivity index (χ1v) is 7.09. The third kappa shape index (κ3) is 3.18. The summed E-state index contributed by atoms with van der Waals surface area (Å²) in [5.74, 6) is -1.44. The number of hydrogen-bond acceptors (Lipinski definition) is 2. The highest BCUT2D eigenvalue weighted by Gasteiger charge is 2.23. The van der Waals surface area contributed by atoms with Gasteiger partial charge in [0.25, 0.3) is 0 Å². The molecule has 1 saturated carbocycles. The van der Waals surface area contributed by atoms with Crippen molar-refractivity contribution in [1.29, 1.82) is 0 Å². The van der Waals surface area contributed by atoms with Gasteiger partial charge in [-0.1, -0.05) is 18.9 Å². The van der Waals surface area contributed by atoms with E-state index in [0.29, 0.717) is 11.6 Å². The molecule has 1 aromatic carbocycles. The molecular weight excluding hydrogens is 257 g/mol. The topological polar surface area (TPSA) is 40.5 Å². The van der Waals surface area contributed by atoms with Gasteiger partial charge >= 0.3 is 5.97 Å². The zero-order valence-corrected chi connectivity index (χ0v) is 11.7. The molecule has 0 aliphatic heterocycles. The van der Waals surface area contributed by atoms with Crippen LogP contribution in [0.5, 0.6) is 0 Å². The van der Waals surface area contributed by atoms with E-state index in [1.807, 2.05) is 13.0 Å². The largest absolute Gasteiger partial charge is 0.478 e. The van der Waals surface area contributed by atoms with Gasteiger partial charge in [0, 0.05) is 29.9 Å². The molecule has 0 spiro atoms. The Morgan fingerprint density at radius 2 is 2.15 bits per heavy atom. The van der Waals surface area contributed by atoms with Crippen molar-refractivity contribution in [2.45, 2.75) is 38.6 Å². The molecule has 0 atom stereocenters. The highest BCUT2D eigenvalue weighted by molar-refractivity contribution is 5.87. The molecule has 0 saturated heterocycles. The van der Waals surface area contributed by atoms with Crippen LogP contribution in [0, 0.1) is 5.82 Å². The Kier molecular flexibility index (Phi) is 4.77. The van der Waals surface area contributed by atoms with Crippen molar-refractivity contribution in [3.8, 4) is 0 Å². The van der Waals surface area contributed by atoms with Crippen molar-refractivity contribution in [2.75, 3.05) is 11.4 Å². The molecule has 0 radical (unpaired) electrons. The van der Waals surface area contributed by atoms with Gasteiger partial charge in [-0.3, -0.25) is 0 Å². The Hall–Kier alpha value is -1.84. The van der Waals surface area contributed by atoms with Gasteiger partial charge in [-0.05, 0) is 38.0 Å². The van der Waals surface area contributed by atoms with E-state index in [2.05, 4.69) is 4.90 Å². The molecule has 0 aromatic heterocycles. The Morgan fingerprint density at radius 1 is 1.45 bits per heavy atom. The molecule has 1 N–H and O–H groups in total. The lowest BCUT2D eigenvalue weighted by molar-refractivity contribution is -0.131. The lowest BCUT2D eigenvalue weighted by Gasteiger charge is -2.31. The molecule has 20 heavy (non-hydrogen) atoms. The summed E-state index contributed by atoms with van der Waals surface area (Å²) in [6.07, 6.45) is 6.99. The quantitative estimate of drug-likeness (QED) is 0.834. The fourth-order valence-corrected chi connectivity index (χ4v) is 2.94. The predicted molar refractivity (Wildman–Crippen MR) is 78.3 cm³/mol. The lowest BCUT2D eigenvalue weighted by Crippen LogP contribution is -2.33. The maximum Gasteiger partial charge on any atom is 0.328 e. The fourth-order valence-electron chi connectivity index (χ4n) is 2.94. The van der Waals surface area contributed by atoms with Gasteiger partial charge in [-0.15, -0.1) is 0 Å². The van der Waals surface area contributed by atoms with E-state index in [0.717, 1.165) is 31.1 Å². The number of aliphatic carboxylic acids is 1. The predicted octanol–water partition coefficient (Wildman–Crippen LogP) is 3.69. The zero-order chi connectivity index (χ0) is 14.5. The minimum absolute atomic E-state index is 0.364. The van der Waals surface area contributed by atoms with Crippen LogP contribution in [0.1, 0.15) is 38.2 Å². The number of nitrogens with zero attached hydrogens (tertiary/aromatic N) is 1. The van der Waals surface area contributed by atoms with Crippen LogP contribution in [0.15, 0.2) is 24.3 Å². The molecule has 3 nitrogen and oxygen atoms in total. The maximum absolute atomic E-state index is 14.0. The lowest BCUT2D eigenvalue weighted by atomic mass is 10.1. The van der Waals surface area contributed by atoms with Crippen molar-refractivity contribution in [2.24, 2.45) is 0 Å². The van der Waals surface area contributed by atoms with Crippen molar-refractivity contribution in [3.05, 3.63) is 35.7 Å². The number of carboxylic acid groups (broad SMARTS) is 1. The summed E-state index contributed by atoms with van der Waals surface area (Å²) in [6.45, 7) is 2.84. The average Bonchev–Trinajstić information content (AvgIpc) is 2.92. The van der Waals surface area contributed by atoms with Crippen LogP contribution in [0.25, 0.3) is 6.08 Å². The molecular formula is C16H20FNO2. The maximum atomic E-state index is 14.0. The van der Waals surface area contributed by atoms with Gasteiger partial charge in [-0.25, -0.2) is 9.18 Å². The van der Waals surface area contributed by atoms with Crippen LogP contribution >= 0.6 is 0 Å². The van der Waals surface area contributed by atoms with Crippen molar-refractivity contribution in [3.63, 3.8) is 0 Å². The van der Waals surface area contributed by atoms with Gasteiger partial charge in [0.2, 0.25) is 0 Å². The Balaban J connectivity index is 2.38. The average molecular weight is 277 g/mol. The molecule has 0 bridgehead atoms. The summed E-state index contributed by atoms with van der Waals surface area (Å²) in [6, 6.07) is 5.35. The van der Waals surface area contributed by atoms with Gasteiger partial charge in [0.05, 0.1) is 0 Å². The first-order chi connectivity index (χ1) is 9.63. The van der Waals surface area contributed by atoms with Gasteiger partial charge in [0.1, 0.15) is 5.82 Å². The first kappa shape index (κ1) is 14.6. The van der Waals surface area contributed by atoms with E-state index >= 15 is 0 Å².